The Balaban J connectivity index is 1.16. The number of aromatic nitrogens is 2. The van der Waals surface area contributed by atoms with Crippen LogP contribution in [-0.4, -0.2) is 80.7 Å². The summed E-state index contributed by atoms with van der Waals surface area (Å²) in [6.07, 6.45) is -4.30. The number of pyridine rings is 1. The second kappa shape index (κ2) is 10.3. The number of fused-ring (bicyclic) bond motifs is 1. The predicted octanol–water partition coefficient (Wildman–Crippen LogP) is 3.52. The van der Waals surface area contributed by atoms with Crippen LogP contribution in [0.5, 0.6) is 5.88 Å². The zero-order valence-electron chi connectivity index (χ0n) is 22.7. The zero-order chi connectivity index (χ0) is 29.7. The van der Waals surface area contributed by atoms with Gasteiger partial charge in [0.1, 0.15) is 12.3 Å². The topological polar surface area (TPSA) is 141 Å². The fourth-order valence-electron chi connectivity index (χ4n) is 4.82. The van der Waals surface area contributed by atoms with Crippen molar-refractivity contribution in [1.82, 2.24) is 24.8 Å². The van der Waals surface area contributed by atoms with E-state index in [0.29, 0.717) is 43.6 Å². The molecule has 0 bridgehead atoms. The zero-order valence-corrected chi connectivity index (χ0v) is 22.7. The number of alkyl halides is 3. The van der Waals surface area contributed by atoms with Crippen molar-refractivity contribution in [1.29, 1.82) is 0 Å². The van der Waals surface area contributed by atoms with Crippen LogP contribution in [0.25, 0.3) is 0 Å². The Hall–Kier alpha value is -4.30. The van der Waals surface area contributed by atoms with Crippen LogP contribution in [-0.2, 0) is 35.3 Å². The Morgan fingerprint density at radius 2 is 1.71 bits per heavy atom. The first kappa shape index (κ1) is 28.2. The number of ether oxygens (including phenoxy) is 1. The van der Waals surface area contributed by atoms with Gasteiger partial charge in [0, 0.05) is 44.3 Å². The molecule has 0 saturated carbocycles. The number of aromatic hydroxyl groups is 1. The Bertz CT molecular complexity index is 1410. The van der Waals surface area contributed by atoms with E-state index in [1.165, 1.54) is 4.90 Å². The lowest BCUT2D eigenvalue weighted by molar-refractivity contribution is -0.137. The summed E-state index contributed by atoms with van der Waals surface area (Å²) in [6.45, 7) is 6.17. The van der Waals surface area contributed by atoms with Crippen LogP contribution in [0.15, 0.2) is 27.9 Å². The van der Waals surface area contributed by atoms with E-state index in [4.69, 9.17) is 9.26 Å². The largest absolute Gasteiger partial charge is 0.491 e. The number of carbonyl (C=O) groups is 3. The van der Waals surface area contributed by atoms with Crippen LogP contribution in [0.2, 0.25) is 0 Å². The summed E-state index contributed by atoms with van der Waals surface area (Å²) in [5, 5.41) is 15.7. The van der Waals surface area contributed by atoms with Gasteiger partial charge < -0.3 is 34.4 Å². The second-order valence-corrected chi connectivity index (χ2v) is 11.3. The lowest BCUT2D eigenvalue weighted by Crippen LogP contribution is -2.45. The Morgan fingerprint density at radius 1 is 1.05 bits per heavy atom. The number of anilines is 1. The van der Waals surface area contributed by atoms with Gasteiger partial charge in [-0.1, -0.05) is 20.8 Å². The number of carbonyl (C=O) groups excluding carboxylic acids is 3. The Labute approximate surface area is 232 Å². The molecule has 0 unspecified atom stereocenters. The van der Waals surface area contributed by atoms with Gasteiger partial charge in [0.2, 0.25) is 5.91 Å². The molecule has 4 amide bonds. The molecule has 0 radical (unpaired) electrons. The van der Waals surface area contributed by atoms with Crippen molar-refractivity contribution in [2.24, 2.45) is 5.41 Å². The van der Waals surface area contributed by atoms with Gasteiger partial charge in [-0.25, -0.2) is 9.59 Å². The summed E-state index contributed by atoms with van der Waals surface area (Å²) < 4.78 is 50.2. The van der Waals surface area contributed by atoms with Gasteiger partial charge in [-0.3, -0.25) is 9.78 Å². The van der Waals surface area contributed by atoms with Crippen molar-refractivity contribution in [3.8, 4) is 5.88 Å². The normalized spacial score (nSPS) is 17.1. The van der Waals surface area contributed by atoms with Gasteiger partial charge >= 0.3 is 18.3 Å². The summed E-state index contributed by atoms with van der Waals surface area (Å²) in [7, 11) is 0. The Morgan fingerprint density at radius 3 is 2.34 bits per heavy atom. The van der Waals surface area contributed by atoms with E-state index < -0.39 is 35.8 Å². The maximum atomic E-state index is 13.3. The average Bonchev–Trinajstić information content (AvgIpc) is 3.59. The van der Waals surface area contributed by atoms with Gasteiger partial charge in [0.25, 0.3) is 5.88 Å². The molecule has 0 fully saturated rings. The highest BCUT2D eigenvalue weighted by Gasteiger charge is 2.38. The first-order valence-electron chi connectivity index (χ1n) is 12.9. The number of amides is 4. The summed E-state index contributed by atoms with van der Waals surface area (Å²) in [5.74, 6) is -0.213. The van der Waals surface area contributed by atoms with E-state index in [0.717, 1.165) is 17.2 Å². The van der Waals surface area contributed by atoms with Crippen molar-refractivity contribution >= 4 is 23.7 Å². The molecular weight excluding hydrogens is 549 g/mol. The van der Waals surface area contributed by atoms with Crippen LogP contribution >= 0.6 is 0 Å². The summed E-state index contributed by atoms with van der Waals surface area (Å²) in [4.78, 5) is 46.9. The molecule has 0 atom stereocenters. The molecule has 0 aromatic carbocycles. The molecule has 3 aliphatic rings. The quantitative estimate of drug-likeness (QED) is 0.527. The molecule has 41 heavy (non-hydrogen) atoms. The number of halogens is 3. The van der Waals surface area contributed by atoms with Gasteiger partial charge in [-0.2, -0.15) is 13.2 Å². The van der Waals surface area contributed by atoms with E-state index >= 15 is 0 Å². The number of rotatable bonds is 3. The first-order chi connectivity index (χ1) is 19.2. The standard InChI is InChI=1S/C26H29F3N6O6/c1-25(2,3)22(37)31-18-6-16(26(27,28)29)7-30-19(18)13-40-24(39)35-10-14-8-34(9-15(14)11-35)23(38)33-5-4-17-20(12-33)41-32-21(17)36/h6-7H,4-5,8-13H2,1-3H3,(H,31,37)(H,32,36). The summed E-state index contributed by atoms with van der Waals surface area (Å²) >= 11 is 0. The van der Waals surface area contributed by atoms with Gasteiger partial charge in [0.15, 0.2) is 5.76 Å². The maximum Gasteiger partial charge on any atom is 0.417 e. The minimum Gasteiger partial charge on any atom is -0.491 e. The number of hydrogen-bond acceptors (Lipinski definition) is 8. The lowest BCUT2D eigenvalue weighted by Gasteiger charge is -2.31. The Kier molecular flexibility index (Phi) is 7.07. The molecule has 0 saturated heterocycles. The molecule has 0 aliphatic carbocycles. The van der Waals surface area contributed by atoms with Crippen LogP contribution < -0.4 is 5.32 Å². The molecule has 5 rings (SSSR count). The minimum atomic E-state index is -4.67. The van der Waals surface area contributed by atoms with Crippen LogP contribution in [0.3, 0.4) is 0 Å². The molecule has 15 heteroatoms. The number of urea groups is 1. The van der Waals surface area contributed by atoms with E-state index in [9.17, 15) is 32.7 Å². The number of nitrogens with one attached hydrogen (secondary N) is 1. The third-order valence-corrected chi connectivity index (χ3v) is 7.20. The SMILES string of the molecule is CC(C)(C)C(=O)Nc1cc(C(F)(F)F)cnc1COC(=O)N1CC2=C(C1)CN(C(=O)N1CCc3c(O)noc3C1)C2. The van der Waals surface area contributed by atoms with Gasteiger partial charge in [0.05, 0.1) is 23.4 Å². The predicted molar refractivity (Wildman–Crippen MR) is 135 cm³/mol. The molecular formula is C26H29F3N6O6. The van der Waals surface area contributed by atoms with Crippen molar-refractivity contribution in [2.45, 2.75) is 46.5 Å². The van der Waals surface area contributed by atoms with E-state index in [2.05, 4.69) is 15.5 Å². The van der Waals surface area contributed by atoms with Crippen LogP contribution in [0.4, 0.5) is 28.4 Å². The van der Waals surface area contributed by atoms with Crippen LogP contribution in [0.1, 0.15) is 43.4 Å². The highest BCUT2D eigenvalue weighted by molar-refractivity contribution is 5.95. The van der Waals surface area contributed by atoms with E-state index in [-0.39, 0.29) is 42.9 Å². The molecule has 2 N–H and O–H groups in total. The monoisotopic (exact) mass is 578 g/mol. The highest BCUT2D eigenvalue weighted by Crippen LogP contribution is 2.33. The van der Waals surface area contributed by atoms with Crippen molar-refractivity contribution in [2.75, 3.05) is 38.0 Å². The summed E-state index contributed by atoms with van der Waals surface area (Å²) in [5.41, 5.74) is 0.307. The fraction of sp³-hybridized carbons (Fsp3) is 0.500. The van der Waals surface area contributed by atoms with Gasteiger partial charge in [-0.15, -0.1) is 0 Å². The molecule has 2 aromatic rings. The third-order valence-electron chi connectivity index (χ3n) is 7.20. The summed E-state index contributed by atoms with van der Waals surface area (Å²) in [6, 6.07) is 0.583. The minimum absolute atomic E-state index is 0.0230. The van der Waals surface area contributed by atoms with E-state index in [1.807, 2.05) is 0 Å². The van der Waals surface area contributed by atoms with Crippen molar-refractivity contribution in [3.63, 3.8) is 0 Å². The van der Waals surface area contributed by atoms with Crippen molar-refractivity contribution in [3.05, 3.63) is 46.0 Å². The van der Waals surface area contributed by atoms with Crippen LogP contribution in [0, 0.1) is 5.41 Å². The second-order valence-electron chi connectivity index (χ2n) is 11.3. The molecule has 5 heterocycles. The smallest absolute Gasteiger partial charge is 0.417 e. The average molecular weight is 579 g/mol. The van der Waals surface area contributed by atoms with Crippen molar-refractivity contribution < 1.29 is 41.9 Å². The first-order valence-corrected chi connectivity index (χ1v) is 12.9. The molecule has 0 spiro atoms. The number of nitrogens with zero attached hydrogens (tertiary/aromatic N) is 5. The third kappa shape index (κ3) is 5.79. The molecule has 2 aromatic heterocycles. The molecule has 220 valence electrons. The number of hydrogen-bond donors (Lipinski definition) is 2. The van der Waals surface area contributed by atoms with Gasteiger partial charge in [-0.05, 0) is 28.8 Å². The fourth-order valence-corrected chi connectivity index (χ4v) is 4.82. The molecule has 3 aliphatic heterocycles. The maximum absolute atomic E-state index is 13.3. The molecule has 12 nitrogen and oxygen atoms in total. The highest BCUT2D eigenvalue weighted by atomic mass is 19.4. The van der Waals surface area contributed by atoms with E-state index in [1.54, 1.807) is 30.6 Å². The lowest BCUT2D eigenvalue weighted by atomic mass is 9.95.